The summed E-state index contributed by atoms with van der Waals surface area (Å²) in [6.45, 7) is 4.69. The Morgan fingerprint density at radius 1 is 1.13 bits per heavy atom. The van der Waals surface area contributed by atoms with Gasteiger partial charge in [0.1, 0.15) is 5.82 Å². The number of aryl methyl sites for hydroxylation is 1. The number of hydrogen-bond acceptors (Lipinski definition) is 4. The molecule has 0 radical (unpaired) electrons. The lowest BCUT2D eigenvalue weighted by Crippen LogP contribution is -2.08. The van der Waals surface area contributed by atoms with Gasteiger partial charge in [0.15, 0.2) is 5.16 Å². The summed E-state index contributed by atoms with van der Waals surface area (Å²) in [6, 6.07) is 14.8. The van der Waals surface area contributed by atoms with Crippen LogP contribution in [-0.2, 0) is 19.4 Å². The lowest BCUT2D eigenvalue weighted by Gasteiger charge is -2.09. The van der Waals surface area contributed by atoms with Crippen molar-refractivity contribution in [1.29, 1.82) is 0 Å². The molecule has 3 rings (SSSR count). The van der Waals surface area contributed by atoms with E-state index in [-0.39, 0.29) is 0 Å². The van der Waals surface area contributed by atoms with Crippen LogP contribution in [0.4, 0.5) is 0 Å². The number of thioether (sulfide) groups is 1. The topological polar surface area (TPSA) is 30.7 Å². The molecule has 0 atom stereocenters. The molecule has 3 aromatic rings. The van der Waals surface area contributed by atoms with E-state index in [1.54, 1.807) is 23.1 Å². The molecule has 0 aliphatic heterocycles. The first-order chi connectivity index (χ1) is 11.4. The van der Waals surface area contributed by atoms with Gasteiger partial charge in [-0.05, 0) is 23.4 Å². The first kappa shape index (κ1) is 16.0. The summed E-state index contributed by atoms with van der Waals surface area (Å²) in [5.41, 5.74) is 1.34. The zero-order valence-electron chi connectivity index (χ0n) is 12.9. The lowest BCUT2D eigenvalue weighted by molar-refractivity contribution is 0.610. The van der Waals surface area contributed by atoms with Crippen molar-refractivity contribution in [1.82, 2.24) is 14.8 Å². The second-order valence-electron chi connectivity index (χ2n) is 5.14. The Kier molecular flexibility index (Phi) is 5.66. The van der Waals surface area contributed by atoms with E-state index in [1.807, 2.05) is 6.08 Å². The highest BCUT2D eigenvalue weighted by atomic mass is 32.2. The van der Waals surface area contributed by atoms with Crippen LogP contribution in [0.5, 0.6) is 0 Å². The van der Waals surface area contributed by atoms with Crippen LogP contribution >= 0.6 is 23.1 Å². The van der Waals surface area contributed by atoms with E-state index in [9.17, 15) is 0 Å². The van der Waals surface area contributed by atoms with Crippen molar-refractivity contribution in [2.45, 2.75) is 24.5 Å². The summed E-state index contributed by atoms with van der Waals surface area (Å²) in [5, 5.41) is 11.9. The number of benzene rings is 1. The number of nitrogens with zero attached hydrogens (tertiary/aromatic N) is 3. The molecule has 0 amide bonds. The molecular formula is C18H19N3S2. The van der Waals surface area contributed by atoms with Crippen LogP contribution in [0.3, 0.4) is 0 Å². The van der Waals surface area contributed by atoms with Crippen molar-refractivity contribution in [3.8, 4) is 0 Å². The highest BCUT2D eigenvalue weighted by Gasteiger charge is 2.13. The fourth-order valence-electron chi connectivity index (χ4n) is 2.37. The molecule has 0 saturated carbocycles. The largest absolute Gasteiger partial charge is 0.305 e. The molecule has 1 aromatic carbocycles. The summed E-state index contributed by atoms with van der Waals surface area (Å²) in [7, 11) is 0. The maximum atomic E-state index is 4.42. The molecule has 2 aromatic heterocycles. The van der Waals surface area contributed by atoms with Crippen LogP contribution in [0.25, 0.3) is 0 Å². The third kappa shape index (κ3) is 4.33. The van der Waals surface area contributed by atoms with E-state index >= 15 is 0 Å². The van der Waals surface area contributed by atoms with Gasteiger partial charge in [-0.2, -0.15) is 0 Å². The third-order valence-corrected chi connectivity index (χ3v) is 5.34. The fraction of sp³-hybridized carbons (Fsp3) is 0.222. The van der Waals surface area contributed by atoms with Gasteiger partial charge in [0, 0.05) is 23.6 Å². The Labute approximate surface area is 145 Å². The zero-order valence-corrected chi connectivity index (χ0v) is 14.5. The van der Waals surface area contributed by atoms with Crippen molar-refractivity contribution in [3.05, 3.63) is 76.8 Å². The lowest BCUT2D eigenvalue weighted by atomic mass is 10.1. The van der Waals surface area contributed by atoms with Gasteiger partial charge in [-0.1, -0.05) is 54.2 Å². The van der Waals surface area contributed by atoms with Crippen LogP contribution < -0.4 is 0 Å². The zero-order chi connectivity index (χ0) is 15.9. The minimum absolute atomic E-state index is 0.841. The second kappa shape index (κ2) is 8.13. The second-order valence-corrected chi connectivity index (χ2v) is 7.16. The number of thiophene rings is 1. The molecule has 23 heavy (non-hydrogen) atoms. The average molecular weight is 342 g/mol. The van der Waals surface area contributed by atoms with Crippen LogP contribution in [0.1, 0.15) is 16.3 Å². The smallest absolute Gasteiger partial charge is 0.191 e. The predicted molar refractivity (Wildman–Crippen MR) is 98.2 cm³/mol. The molecule has 0 aliphatic carbocycles. The van der Waals surface area contributed by atoms with E-state index in [1.165, 1.54) is 10.4 Å². The Balaban J connectivity index is 1.78. The van der Waals surface area contributed by atoms with Gasteiger partial charge in [-0.3, -0.25) is 0 Å². The summed E-state index contributed by atoms with van der Waals surface area (Å²) < 4.78 is 2.25. The Morgan fingerprint density at radius 3 is 2.74 bits per heavy atom. The molecule has 0 bridgehead atoms. The van der Waals surface area contributed by atoms with Crippen molar-refractivity contribution >= 4 is 23.1 Å². The fourth-order valence-corrected chi connectivity index (χ4v) is 3.79. The van der Waals surface area contributed by atoms with E-state index < -0.39 is 0 Å². The van der Waals surface area contributed by atoms with Crippen molar-refractivity contribution < 1.29 is 0 Å². The van der Waals surface area contributed by atoms with E-state index in [0.717, 1.165) is 36.1 Å². The molecule has 118 valence electrons. The van der Waals surface area contributed by atoms with Gasteiger partial charge in [-0.25, -0.2) is 0 Å². The number of aromatic nitrogens is 3. The maximum absolute atomic E-state index is 4.42. The molecule has 5 heteroatoms. The predicted octanol–water partition coefficient (Wildman–Crippen LogP) is 4.45. The van der Waals surface area contributed by atoms with E-state index in [0.29, 0.717) is 0 Å². The summed E-state index contributed by atoms with van der Waals surface area (Å²) in [5.74, 6) is 1.89. The summed E-state index contributed by atoms with van der Waals surface area (Å²) in [6.07, 6.45) is 3.73. The Hall–Kier alpha value is -1.85. The maximum Gasteiger partial charge on any atom is 0.191 e. The molecule has 0 fully saturated rings. The van der Waals surface area contributed by atoms with E-state index in [2.05, 4.69) is 69.2 Å². The highest BCUT2D eigenvalue weighted by molar-refractivity contribution is 7.99. The quantitative estimate of drug-likeness (QED) is 0.448. The normalized spacial score (nSPS) is 10.8. The molecule has 0 unspecified atom stereocenters. The van der Waals surface area contributed by atoms with Crippen molar-refractivity contribution in [2.75, 3.05) is 5.75 Å². The monoisotopic (exact) mass is 341 g/mol. The minimum Gasteiger partial charge on any atom is -0.305 e. The molecular weight excluding hydrogens is 322 g/mol. The summed E-state index contributed by atoms with van der Waals surface area (Å²) in [4.78, 5) is 1.32. The first-order valence-corrected chi connectivity index (χ1v) is 9.45. The molecule has 2 heterocycles. The van der Waals surface area contributed by atoms with Gasteiger partial charge in [0.05, 0.1) is 0 Å². The SMILES string of the molecule is C=CCSc1nnc(Cc2cccs2)n1CCc1ccccc1. The summed E-state index contributed by atoms with van der Waals surface area (Å²) >= 11 is 3.45. The molecule has 0 aliphatic rings. The average Bonchev–Trinajstić information content (AvgIpc) is 3.22. The highest BCUT2D eigenvalue weighted by Crippen LogP contribution is 2.21. The van der Waals surface area contributed by atoms with Crippen LogP contribution in [-0.4, -0.2) is 20.5 Å². The van der Waals surface area contributed by atoms with Crippen LogP contribution in [0.2, 0.25) is 0 Å². The van der Waals surface area contributed by atoms with Gasteiger partial charge < -0.3 is 4.57 Å². The van der Waals surface area contributed by atoms with E-state index in [4.69, 9.17) is 0 Å². The van der Waals surface area contributed by atoms with Gasteiger partial charge in [-0.15, -0.1) is 28.1 Å². The van der Waals surface area contributed by atoms with Crippen LogP contribution in [0.15, 0.2) is 65.7 Å². The van der Waals surface area contributed by atoms with Crippen molar-refractivity contribution in [3.63, 3.8) is 0 Å². The molecule has 3 nitrogen and oxygen atoms in total. The Bertz CT molecular complexity index is 733. The third-order valence-electron chi connectivity index (χ3n) is 3.50. The standard InChI is InChI=1S/C18H19N3S2/c1-2-12-23-18-20-19-17(14-16-9-6-13-22-16)21(18)11-10-15-7-4-3-5-8-15/h2-9,13H,1,10-12,14H2. The van der Waals surface area contributed by atoms with Gasteiger partial charge in [0.2, 0.25) is 0 Å². The number of hydrogen-bond donors (Lipinski definition) is 0. The molecule has 0 N–H and O–H groups in total. The van der Waals surface area contributed by atoms with Crippen LogP contribution in [0, 0.1) is 0 Å². The van der Waals surface area contributed by atoms with Gasteiger partial charge >= 0.3 is 0 Å². The molecule has 0 saturated heterocycles. The molecule has 0 spiro atoms. The number of rotatable bonds is 8. The Morgan fingerprint density at radius 2 is 2.00 bits per heavy atom. The van der Waals surface area contributed by atoms with Crippen molar-refractivity contribution in [2.24, 2.45) is 0 Å². The first-order valence-electron chi connectivity index (χ1n) is 7.59. The van der Waals surface area contributed by atoms with Gasteiger partial charge in [0.25, 0.3) is 0 Å². The minimum atomic E-state index is 0.841.